The molecular weight excluding hydrogens is 304 g/mol. The summed E-state index contributed by atoms with van der Waals surface area (Å²) in [7, 11) is 0. The SMILES string of the molecule is NC(CC(=O)Nc1ccc(Br)c(Cl)c1)C1CC1. The largest absolute Gasteiger partial charge is 0.327 e. The average molecular weight is 318 g/mol. The topological polar surface area (TPSA) is 55.1 Å². The lowest BCUT2D eigenvalue weighted by Gasteiger charge is -2.10. The number of nitrogens with one attached hydrogen (secondary N) is 1. The second-order valence-electron chi connectivity index (χ2n) is 4.38. The number of carbonyl (C=O) groups excluding carboxylic acids is 1. The predicted molar refractivity (Wildman–Crippen MR) is 73.1 cm³/mol. The minimum Gasteiger partial charge on any atom is -0.327 e. The number of benzene rings is 1. The van der Waals surface area contributed by atoms with Crippen LogP contribution in [-0.2, 0) is 4.79 Å². The summed E-state index contributed by atoms with van der Waals surface area (Å²) >= 11 is 9.24. The van der Waals surface area contributed by atoms with Crippen LogP contribution in [0.2, 0.25) is 5.02 Å². The molecule has 1 fully saturated rings. The molecule has 3 N–H and O–H groups in total. The zero-order valence-electron chi connectivity index (χ0n) is 9.25. The van der Waals surface area contributed by atoms with Crippen molar-refractivity contribution in [1.29, 1.82) is 0 Å². The van der Waals surface area contributed by atoms with Gasteiger partial charge < -0.3 is 11.1 Å². The third-order valence-electron chi connectivity index (χ3n) is 2.85. The first-order chi connectivity index (χ1) is 8.06. The van der Waals surface area contributed by atoms with Crippen molar-refractivity contribution in [2.75, 3.05) is 5.32 Å². The van der Waals surface area contributed by atoms with E-state index in [1.165, 1.54) is 0 Å². The molecule has 1 atom stereocenters. The van der Waals surface area contributed by atoms with Gasteiger partial charge in [-0.2, -0.15) is 0 Å². The van der Waals surface area contributed by atoms with E-state index in [0.29, 0.717) is 23.0 Å². The summed E-state index contributed by atoms with van der Waals surface area (Å²) in [6, 6.07) is 5.31. The summed E-state index contributed by atoms with van der Waals surface area (Å²) in [5.74, 6) is 0.483. The van der Waals surface area contributed by atoms with E-state index in [1.54, 1.807) is 18.2 Å². The van der Waals surface area contributed by atoms with Crippen molar-refractivity contribution in [3.63, 3.8) is 0 Å². The van der Waals surface area contributed by atoms with Gasteiger partial charge in [-0.3, -0.25) is 4.79 Å². The van der Waals surface area contributed by atoms with Crippen molar-refractivity contribution in [1.82, 2.24) is 0 Å². The first-order valence-electron chi connectivity index (χ1n) is 5.57. The molecule has 1 amide bonds. The summed E-state index contributed by atoms with van der Waals surface area (Å²) in [6.45, 7) is 0. The zero-order valence-corrected chi connectivity index (χ0v) is 11.6. The summed E-state index contributed by atoms with van der Waals surface area (Å²) in [4.78, 5) is 11.7. The molecule has 2 rings (SSSR count). The highest BCUT2D eigenvalue weighted by Crippen LogP contribution is 2.33. The van der Waals surface area contributed by atoms with Gasteiger partial charge in [0.05, 0.1) is 5.02 Å². The fourth-order valence-corrected chi connectivity index (χ4v) is 2.12. The second-order valence-corrected chi connectivity index (χ2v) is 5.64. The van der Waals surface area contributed by atoms with Crippen molar-refractivity contribution < 1.29 is 4.79 Å². The van der Waals surface area contributed by atoms with Crippen molar-refractivity contribution in [2.24, 2.45) is 11.7 Å². The van der Waals surface area contributed by atoms with E-state index >= 15 is 0 Å². The van der Waals surface area contributed by atoms with Gasteiger partial charge in [-0.25, -0.2) is 0 Å². The van der Waals surface area contributed by atoms with E-state index in [2.05, 4.69) is 21.2 Å². The minimum absolute atomic E-state index is 0.0130. The van der Waals surface area contributed by atoms with Gasteiger partial charge in [0.15, 0.2) is 0 Å². The van der Waals surface area contributed by atoms with Gasteiger partial charge in [-0.15, -0.1) is 0 Å². The maximum absolute atomic E-state index is 11.7. The van der Waals surface area contributed by atoms with Crippen LogP contribution in [0.1, 0.15) is 19.3 Å². The molecule has 1 saturated carbocycles. The second kappa shape index (κ2) is 5.38. The Kier molecular flexibility index (Phi) is 4.07. The number of hydrogen-bond acceptors (Lipinski definition) is 2. The Morgan fingerprint density at radius 1 is 1.59 bits per heavy atom. The number of anilines is 1. The molecule has 3 nitrogen and oxygen atoms in total. The lowest BCUT2D eigenvalue weighted by Crippen LogP contribution is -2.28. The minimum atomic E-state index is -0.0530. The molecule has 0 saturated heterocycles. The Morgan fingerprint density at radius 3 is 2.88 bits per heavy atom. The normalized spacial score (nSPS) is 16.6. The summed E-state index contributed by atoms with van der Waals surface area (Å²) in [5, 5.41) is 3.38. The van der Waals surface area contributed by atoms with Crippen molar-refractivity contribution in [3.05, 3.63) is 27.7 Å². The van der Waals surface area contributed by atoms with E-state index in [1.807, 2.05) is 0 Å². The summed E-state index contributed by atoms with van der Waals surface area (Å²) in [5.41, 5.74) is 6.59. The number of carbonyl (C=O) groups is 1. The molecule has 0 bridgehead atoms. The van der Waals surface area contributed by atoms with E-state index in [9.17, 15) is 4.79 Å². The lowest BCUT2D eigenvalue weighted by atomic mass is 10.1. The van der Waals surface area contributed by atoms with Crippen molar-refractivity contribution in [2.45, 2.75) is 25.3 Å². The third-order valence-corrected chi connectivity index (χ3v) is 4.08. The number of rotatable bonds is 4. The molecule has 0 aliphatic heterocycles. The lowest BCUT2D eigenvalue weighted by molar-refractivity contribution is -0.116. The quantitative estimate of drug-likeness (QED) is 0.896. The molecule has 1 aliphatic rings. The van der Waals surface area contributed by atoms with Gasteiger partial charge in [-0.1, -0.05) is 11.6 Å². The molecule has 5 heteroatoms. The van der Waals surface area contributed by atoms with Crippen LogP contribution in [0.4, 0.5) is 5.69 Å². The smallest absolute Gasteiger partial charge is 0.225 e. The van der Waals surface area contributed by atoms with Crippen LogP contribution < -0.4 is 11.1 Å². The monoisotopic (exact) mass is 316 g/mol. The Bertz CT molecular complexity index is 435. The van der Waals surface area contributed by atoms with Crippen LogP contribution >= 0.6 is 27.5 Å². The van der Waals surface area contributed by atoms with Gasteiger partial charge in [0.25, 0.3) is 0 Å². The van der Waals surface area contributed by atoms with E-state index < -0.39 is 0 Å². The Morgan fingerprint density at radius 2 is 2.29 bits per heavy atom. The number of amides is 1. The van der Waals surface area contributed by atoms with Crippen LogP contribution in [0.15, 0.2) is 22.7 Å². The van der Waals surface area contributed by atoms with Crippen LogP contribution in [0.3, 0.4) is 0 Å². The van der Waals surface area contributed by atoms with E-state index in [0.717, 1.165) is 17.3 Å². The first-order valence-corrected chi connectivity index (χ1v) is 6.74. The Balaban J connectivity index is 1.90. The average Bonchev–Trinajstić information content (AvgIpc) is 3.06. The fraction of sp³-hybridized carbons (Fsp3) is 0.417. The third kappa shape index (κ3) is 3.69. The fourth-order valence-electron chi connectivity index (χ4n) is 1.69. The van der Waals surface area contributed by atoms with E-state index in [-0.39, 0.29) is 11.9 Å². The molecule has 17 heavy (non-hydrogen) atoms. The highest BCUT2D eigenvalue weighted by molar-refractivity contribution is 9.10. The molecule has 1 unspecified atom stereocenters. The highest BCUT2D eigenvalue weighted by atomic mass is 79.9. The van der Waals surface area contributed by atoms with Gasteiger partial charge in [0.1, 0.15) is 0 Å². The summed E-state index contributed by atoms with van der Waals surface area (Å²) < 4.78 is 0.812. The van der Waals surface area contributed by atoms with Crippen LogP contribution in [0.5, 0.6) is 0 Å². The molecule has 1 aromatic carbocycles. The van der Waals surface area contributed by atoms with Gasteiger partial charge in [-0.05, 0) is 52.9 Å². The van der Waals surface area contributed by atoms with Crippen LogP contribution in [0.25, 0.3) is 0 Å². The van der Waals surface area contributed by atoms with Gasteiger partial charge in [0, 0.05) is 22.6 Å². The number of hydrogen-bond donors (Lipinski definition) is 2. The highest BCUT2D eigenvalue weighted by Gasteiger charge is 2.29. The van der Waals surface area contributed by atoms with Crippen LogP contribution in [0, 0.1) is 5.92 Å². The molecule has 1 aromatic rings. The summed E-state index contributed by atoms with van der Waals surface area (Å²) in [6.07, 6.45) is 2.68. The maximum Gasteiger partial charge on any atom is 0.225 e. The molecule has 0 spiro atoms. The molecule has 92 valence electrons. The van der Waals surface area contributed by atoms with E-state index in [4.69, 9.17) is 17.3 Å². The molecule has 0 radical (unpaired) electrons. The first kappa shape index (κ1) is 12.9. The van der Waals surface area contributed by atoms with Gasteiger partial charge in [0.2, 0.25) is 5.91 Å². The standard InChI is InChI=1S/C12H14BrClN2O/c13-9-4-3-8(5-10(9)14)16-12(17)6-11(15)7-1-2-7/h3-5,7,11H,1-2,6,15H2,(H,16,17). The van der Waals surface area contributed by atoms with Gasteiger partial charge >= 0.3 is 0 Å². The zero-order chi connectivity index (χ0) is 12.4. The van der Waals surface area contributed by atoms with Crippen LogP contribution in [-0.4, -0.2) is 11.9 Å². The van der Waals surface area contributed by atoms with Crippen molar-refractivity contribution >= 4 is 39.1 Å². The number of halogens is 2. The Hall–Kier alpha value is -0.580. The number of nitrogens with two attached hydrogens (primary N) is 1. The predicted octanol–water partition coefficient (Wildman–Crippen LogP) is 3.17. The molecule has 0 heterocycles. The molecule has 0 aromatic heterocycles. The molecular formula is C12H14BrClN2O. The van der Waals surface area contributed by atoms with Crippen molar-refractivity contribution in [3.8, 4) is 0 Å². The Labute approximate surface area is 114 Å². The maximum atomic E-state index is 11.7. The molecule has 1 aliphatic carbocycles.